The highest BCUT2D eigenvalue weighted by molar-refractivity contribution is 6.17. The predicted molar refractivity (Wildman–Crippen MR) is 60.4 cm³/mol. The van der Waals surface area contributed by atoms with Gasteiger partial charge in [0.2, 0.25) is 0 Å². The van der Waals surface area contributed by atoms with Crippen LogP contribution >= 0.6 is 24.0 Å². The van der Waals surface area contributed by atoms with Gasteiger partial charge in [-0.2, -0.15) is 0 Å². The van der Waals surface area contributed by atoms with Gasteiger partial charge in [0.1, 0.15) is 0 Å². The summed E-state index contributed by atoms with van der Waals surface area (Å²) in [6.07, 6.45) is 5.43. The maximum absolute atomic E-state index is 5.82. The molecule has 0 N–H and O–H groups in total. The summed E-state index contributed by atoms with van der Waals surface area (Å²) in [5, 5.41) is 0. The van der Waals surface area contributed by atoms with Crippen LogP contribution in [0.1, 0.15) is 5.56 Å². The summed E-state index contributed by atoms with van der Waals surface area (Å²) in [7, 11) is 0. The van der Waals surface area contributed by atoms with Crippen LogP contribution in [0.5, 0.6) is 0 Å². The average molecular weight is 229 g/mol. The molecular formula is C10H10Cl2N2. The monoisotopic (exact) mass is 228 g/mol. The first-order valence-corrected chi connectivity index (χ1v) is 4.57. The molecule has 0 saturated heterocycles. The Morgan fingerprint density at radius 3 is 2.71 bits per heavy atom. The topological polar surface area (TPSA) is 17.8 Å². The maximum Gasteiger partial charge on any atom is 0.0991 e. The summed E-state index contributed by atoms with van der Waals surface area (Å²) in [6, 6.07) is 8.02. The van der Waals surface area contributed by atoms with Gasteiger partial charge in [0.25, 0.3) is 0 Å². The van der Waals surface area contributed by atoms with E-state index in [0.29, 0.717) is 5.88 Å². The van der Waals surface area contributed by atoms with Gasteiger partial charge in [0.15, 0.2) is 0 Å². The molecule has 1 heterocycles. The molecule has 4 heteroatoms. The molecule has 0 fully saturated rings. The number of aromatic nitrogens is 2. The molecule has 74 valence electrons. The van der Waals surface area contributed by atoms with E-state index in [9.17, 15) is 0 Å². The molecule has 1 aromatic carbocycles. The van der Waals surface area contributed by atoms with Gasteiger partial charge in [-0.25, -0.2) is 4.98 Å². The standard InChI is InChI=1S/C10H9ClN2.ClH/c11-7-9-3-1-2-4-10(9)13-6-5-12-8-13;/h1-6,8H,7H2;1H. The van der Waals surface area contributed by atoms with Crippen LogP contribution in [0.15, 0.2) is 43.0 Å². The Morgan fingerprint density at radius 2 is 2.07 bits per heavy atom. The fourth-order valence-corrected chi connectivity index (χ4v) is 1.50. The first kappa shape index (κ1) is 11.1. The summed E-state index contributed by atoms with van der Waals surface area (Å²) in [5.41, 5.74) is 2.21. The molecule has 0 saturated carbocycles. The van der Waals surface area contributed by atoms with E-state index in [2.05, 4.69) is 4.98 Å². The van der Waals surface area contributed by atoms with E-state index in [-0.39, 0.29) is 12.4 Å². The lowest BCUT2D eigenvalue weighted by molar-refractivity contribution is 1.04. The molecule has 0 bridgehead atoms. The van der Waals surface area contributed by atoms with Crippen LogP contribution < -0.4 is 0 Å². The number of nitrogens with zero attached hydrogens (tertiary/aromatic N) is 2. The smallest absolute Gasteiger partial charge is 0.0991 e. The number of rotatable bonds is 2. The fraction of sp³-hybridized carbons (Fsp3) is 0.100. The second-order valence-electron chi connectivity index (χ2n) is 2.73. The van der Waals surface area contributed by atoms with Crippen molar-refractivity contribution in [2.24, 2.45) is 0 Å². The Labute approximate surface area is 93.9 Å². The fourth-order valence-electron chi connectivity index (χ4n) is 1.28. The van der Waals surface area contributed by atoms with Crippen molar-refractivity contribution in [1.82, 2.24) is 9.55 Å². The second-order valence-corrected chi connectivity index (χ2v) is 3.00. The van der Waals surface area contributed by atoms with E-state index >= 15 is 0 Å². The number of imidazole rings is 1. The minimum Gasteiger partial charge on any atom is -0.306 e. The molecule has 0 atom stereocenters. The van der Waals surface area contributed by atoms with Crippen LogP contribution in [0, 0.1) is 0 Å². The molecule has 0 aliphatic rings. The zero-order valence-corrected chi connectivity index (χ0v) is 9.00. The number of benzene rings is 1. The molecule has 2 rings (SSSR count). The third-order valence-electron chi connectivity index (χ3n) is 1.92. The van der Waals surface area contributed by atoms with Crippen molar-refractivity contribution in [2.45, 2.75) is 5.88 Å². The zero-order valence-electron chi connectivity index (χ0n) is 7.43. The normalized spacial score (nSPS) is 9.50. The van der Waals surface area contributed by atoms with Crippen LogP contribution in [0.3, 0.4) is 0 Å². The quantitative estimate of drug-likeness (QED) is 0.723. The maximum atomic E-state index is 5.82. The molecule has 1 aromatic heterocycles. The molecular weight excluding hydrogens is 219 g/mol. The van der Waals surface area contributed by atoms with Crippen molar-refractivity contribution in [2.75, 3.05) is 0 Å². The number of para-hydroxylation sites is 1. The largest absolute Gasteiger partial charge is 0.306 e. The first-order chi connectivity index (χ1) is 6.42. The highest BCUT2D eigenvalue weighted by atomic mass is 35.5. The van der Waals surface area contributed by atoms with Gasteiger partial charge in [-0.1, -0.05) is 18.2 Å². The molecule has 2 nitrogen and oxygen atoms in total. The van der Waals surface area contributed by atoms with Crippen LogP contribution in [-0.2, 0) is 5.88 Å². The molecule has 0 spiro atoms. The third-order valence-corrected chi connectivity index (χ3v) is 2.21. The Hall–Kier alpha value is -0.990. The lowest BCUT2D eigenvalue weighted by Gasteiger charge is -2.06. The Kier molecular flexibility index (Phi) is 3.98. The van der Waals surface area contributed by atoms with Crippen molar-refractivity contribution >= 4 is 24.0 Å². The number of halogens is 2. The zero-order chi connectivity index (χ0) is 9.10. The third kappa shape index (κ3) is 2.08. The van der Waals surface area contributed by atoms with E-state index in [0.717, 1.165) is 11.3 Å². The van der Waals surface area contributed by atoms with Crippen LogP contribution in [0.25, 0.3) is 5.69 Å². The Bertz CT molecular complexity index is 385. The highest BCUT2D eigenvalue weighted by Gasteiger charge is 2.00. The van der Waals surface area contributed by atoms with Crippen LogP contribution in [-0.4, -0.2) is 9.55 Å². The van der Waals surface area contributed by atoms with E-state index in [1.165, 1.54) is 0 Å². The van der Waals surface area contributed by atoms with E-state index < -0.39 is 0 Å². The Balaban J connectivity index is 0.000000980. The summed E-state index contributed by atoms with van der Waals surface area (Å²) in [4.78, 5) is 3.99. The summed E-state index contributed by atoms with van der Waals surface area (Å²) < 4.78 is 1.96. The lowest BCUT2D eigenvalue weighted by Crippen LogP contribution is -1.94. The van der Waals surface area contributed by atoms with Gasteiger partial charge in [-0.3, -0.25) is 0 Å². The van der Waals surface area contributed by atoms with E-state index in [4.69, 9.17) is 11.6 Å². The summed E-state index contributed by atoms with van der Waals surface area (Å²) in [6.45, 7) is 0. The number of hydrogen-bond acceptors (Lipinski definition) is 1. The van der Waals surface area contributed by atoms with Crippen LogP contribution in [0.4, 0.5) is 0 Å². The van der Waals surface area contributed by atoms with Gasteiger partial charge in [-0.05, 0) is 11.6 Å². The molecule has 14 heavy (non-hydrogen) atoms. The van der Waals surface area contributed by atoms with Crippen molar-refractivity contribution in [3.8, 4) is 5.69 Å². The molecule has 2 aromatic rings. The highest BCUT2D eigenvalue weighted by Crippen LogP contribution is 2.15. The van der Waals surface area contributed by atoms with Gasteiger partial charge < -0.3 is 4.57 Å². The number of hydrogen-bond donors (Lipinski definition) is 0. The summed E-state index contributed by atoms with van der Waals surface area (Å²) >= 11 is 5.82. The SMILES string of the molecule is Cl.ClCc1ccccc1-n1ccnc1. The Morgan fingerprint density at radius 1 is 1.29 bits per heavy atom. The molecule has 0 aliphatic heterocycles. The molecule has 0 unspecified atom stereocenters. The predicted octanol–water partition coefficient (Wildman–Crippen LogP) is 3.03. The van der Waals surface area contributed by atoms with E-state index in [1.54, 1.807) is 12.5 Å². The minimum absolute atomic E-state index is 0. The molecule has 0 amide bonds. The molecule has 0 radical (unpaired) electrons. The van der Waals surface area contributed by atoms with Gasteiger partial charge in [0, 0.05) is 18.3 Å². The second kappa shape index (κ2) is 5.03. The first-order valence-electron chi connectivity index (χ1n) is 4.04. The van der Waals surface area contributed by atoms with Gasteiger partial charge in [-0.15, -0.1) is 24.0 Å². The molecule has 0 aliphatic carbocycles. The summed E-state index contributed by atoms with van der Waals surface area (Å²) in [5.74, 6) is 0.522. The number of alkyl halides is 1. The van der Waals surface area contributed by atoms with Crippen molar-refractivity contribution in [3.05, 3.63) is 48.5 Å². The average Bonchev–Trinajstić information content (AvgIpc) is 2.70. The minimum atomic E-state index is 0. The lowest BCUT2D eigenvalue weighted by atomic mass is 10.2. The van der Waals surface area contributed by atoms with Crippen molar-refractivity contribution in [1.29, 1.82) is 0 Å². The van der Waals surface area contributed by atoms with Gasteiger partial charge >= 0.3 is 0 Å². The van der Waals surface area contributed by atoms with Gasteiger partial charge in [0.05, 0.1) is 12.0 Å². The van der Waals surface area contributed by atoms with Crippen molar-refractivity contribution in [3.63, 3.8) is 0 Å². The van der Waals surface area contributed by atoms with Crippen LogP contribution in [0.2, 0.25) is 0 Å². The van der Waals surface area contributed by atoms with Crippen molar-refractivity contribution < 1.29 is 0 Å². The van der Waals surface area contributed by atoms with E-state index in [1.807, 2.05) is 35.0 Å².